The minimum atomic E-state index is 0.640. The Labute approximate surface area is 120 Å². The number of nitrogens with zero attached hydrogens (tertiary/aromatic N) is 2. The fourth-order valence-corrected chi connectivity index (χ4v) is 3.23. The molecule has 1 N–H and O–H groups in total. The lowest BCUT2D eigenvalue weighted by Gasteiger charge is -2.24. The maximum Gasteiger partial charge on any atom is 0.0926 e. The molecule has 1 fully saturated rings. The van der Waals surface area contributed by atoms with E-state index in [1.54, 1.807) is 18.4 Å². The molecular weight excluding hydrogens is 258 g/mol. The number of methoxy groups -OCH3 is 1. The van der Waals surface area contributed by atoms with E-state index < -0.39 is 0 Å². The first-order valence-corrected chi connectivity index (χ1v) is 8.07. The van der Waals surface area contributed by atoms with Crippen LogP contribution in [0.15, 0.2) is 5.38 Å². The molecule has 1 aliphatic rings. The smallest absolute Gasteiger partial charge is 0.0926 e. The van der Waals surface area contributed by atoms with Gasteiger partial charge in [0.05, 0.1) is 17.3 Å². The second-order valence-corrected chi connectivity index (χ2v) is 6.05. The number of aromatic nitrogens is 1. The predicted molar refractivity (Wildman–Crippen MR) is 79.7 cm³/mol. The van der Waals surface area contributed by atoms with Gasteiger partial charge in [0.1, 0.15) is 0 Å². The Hall–Kier alpha value is -0.490. The first-order valence-electron chi connectivity index (χ1n) is 7.19. The molecule has 1 saturated heterocycles. The summed E-state index contributed by atoms with van der Waals surface area (Å²) in [5.74, 6) is 0. The number of thiazole rings is 1. The normalized spacial score (nSPS) is 19.4. The van der Waals surface area contributed by atoms with E-state index in [0.717, 1.165) is 32.7 Å². The second-order valence-electron chi connectivity index (χ2n) is 5.11. The molecule has 1 aromatic heterocycles. The van der Waals surface area contributed by atoms with Crippen LogP contribution in [0.3, 0.4) is 0 Å². The van der Waals surface area contributed by atoms with E-state index in [0.29, 0.717) is 6.04 Å². The highest BCUT2D eigenvalue weighted by atomic mass is 32.1. The third-order valence-corrected chi connectivity index (χ3v) is 4.58. The highest BCUT2D eigenvalue weighted by Gasteiger charge is 2.18. The molecule has 2 heterocycles. The van der Waals surface area contributed by atoms with Crippen LogP contribution in [0.2, 0.25) is 0 Å². The molecule has 0 saturated carbocycles. The van der Waals surface area contributed by atoms with Crippen molar-refractivity contribution in [2.45, 2.75) is 38.8 Å². The number of hydrogen-bond donors (Lipinski definition) is 1. The molecule has 1 aliphatic heterocycles. The van der Waals surface area contributed by atoms with Gasteiger partial charge < -0.3 is 10.1 Å². The standard InChI is InChI=1S/C14H25N3OS/c1-3-14-16-13(11-19-14)10-17(7-8-18-2)9-12-5-4-6-15-12/h11-12,15H,3-10H2,1-2H3. The van der Waals surface area contributed by atoms with Gasteiger partial charge in [0.2, 0.25) is 0 Å². The van der Waals surface area contributed by atoms with E-state index in [1.807, 2.05) is 0 Å². The third-order valence-electron chi connectivity index (χ3n) is 3.54. The van der Waals surface area contributed by atoms with Crippen LogP contribution in [0.4, 0.5) is 0 Å². The van der Waals surface area contributed by atoms with Crippen molar-refractivity contribution in [3.8, 4) is 0 Å². The molecule has 0 amide bonds. The predicted octanol–water partition coefficient (Wildman–Crippen LogP) is 1.91. The molecule has 0 aromatic carbocycles. The summed E-state index contributed by atoms with van der Waals surface area (Å²) in [5.41, 5.74) is 1.20. The van der Waals surface area contributed by atoms with E-state index in [2.05, 4.69) is 27.5 Å². The Bertz CT molecular complexity index is 363. The van der Waals surface area contributed by atoms with Crippen molar-refractivity contribution in [3.63, 3.8) is 0 Å². The summed E-state index contributed by atoms with van der Waals surface area (Å²) in [4.78, 5) is 7.13. The quantitative estimate of drug-likeness (QED) is 0.791. The van der Waals surface area contributed by atoms with Crippen LogP contribution in [0.25, 0.3) is 0 Å². The molecule has 5 heteroatoms. The average molecular weight is 283 g/mol. The van der Waals surface area contributed by atoms with Crippen LogP contribution in [-0.2, 0) is 17.7 Å². The SMILES string of the molecule is CCc1nc(CN(CCOC)CC2CCCN2)cs1. The topological polar surface area (TPSA) is 37.4 Å². The van der Waals surface area contributed by atoms with Crippen LogP contribution in [0, 0.1) is 0 Å². The third kappa shape index (κ3) is 4.84. The van der Waals surface area contributed by atoms with Crippen LogP contribution in [-0.4, -0.2) is 49.3 Å². The lowest BCUT2D eigenvalue weighted by Crippen LogP contribution is -2.38. The molecular formula is C14H25N3OS. The zero-order chi connectivity index (χ0) is 13.5. The van der Waals surface area contributed by atoms with Crippen molar-refractivity contribution in [2.75, 3.05) is 33.4 Å². The molecule has 4 nitrogen and oxygen atoms in total. The first kappa shape index (κ1) is 14.9. The zero-order valence-electron chi connectivity index (χ0n) is 12.0. The molecule has 1 unspecified atom stereocenters. The molecule has 0 bridgehead atoms. The van der Waals surface area contributed by atoms with Gasteiger partial charge in [-0.2, -0.15) is 0 Å². The maximum absolute atomic E-state index is 5.22. The molecule has 108 valence electrons. The largest absolute Gasteiger partial charge is 0.383 e. The van der Waals surface area contributed by atoms with Gasteiger partial charge in [0.15, 0.2) is 0 Å². The minimum absolute atomic E-state index is 0.640. The summed E-state index contributed by atoms with van der Waals surface area (Å²) in [5, 5.41) is 7.00. The van der Waals surface area contributed by atoms with Gasteiger partial charge >= 0.3 is 0 Å². The molecule has 0 spiro atoms. The molecule has 1 atom stereocenters. The van der Waals surface area contributed by atoms with Gasteiger partial charge in [-0.15, -0.1) is 11.3 Å². The Morgan fingerprint density at radius 1 is 1.58 bits per heavy atom. The van der Waals surface area contributed by atoms with Gasteiger partial charge in [-0.05, 0) is 25.8 Å². The van der Waals surface area contributed by atoms with Crippen LogP contribution < -0.4 is 5.32 Å². The van der Waals surface area contributed by atoms with Gasteiger partial charge in [-0.25, -0.2) is 4.98 Å². The van der Waals surface area contributed by atoms with Crippen molar-refractivity contribution >= 4 is 11.3 Å². The van der Waals surface area contributed by atoms with Crippen molar-refractivity contribution in [2.24, 2.45) is 0 Å². The highest BCUT2D eigenvalue weighted by molar-refractivity contribution is 7.09. The number of aryl methyl sites for hydroxylation is 1. The summed E-state index contributed by atoms with van der Waals surface area (Å²) in [6.45, 7) is 7.14. The number of nitrogens with one attached hydrogen (secondary N) is 1. The van der Waals surface area contributed by atoms with Gasteiger partial charge in [-0.1, -0.05) is 6.92 Å². The van der Waals surface area contributed by atoms with Crippen LogP contribution in [0.1, 0.15) is 30.5 Å². The first-order chi connectivity index (χ1) is 9.31. The number of rotatable bonds is 8. The second kappa shape index (κ2) is 7.94. The molecule has 1 aromatic rings. The van der Waals surface area contributed by atoms with Crippen molar-refractivity contribution < 1.29 is 4.74 Å². The Morgan fingerprint density at radius 2 is 2.47 bits per heavy atom. The summed E-state index contributed by atoms with van der Waals surface area (Å²) in [6.07, 6.45) is 3.63. The monoisotopic (exact) mass is 283 g/mol. The van der Waals surface area contributed by atoms with Crippen LogP contribution >= 0.6 is 11.3 Å². The van der Waals surface area contributed by atoms with Gasteiger partial charge in [0.25, 0.3) is 0 Å². The highest BCUT2D eigenvalue weighted by Crippen LogP contribution is 2.14. The lowest BCUT2D eigenvalue weighted by molar-refractivity contribution is 0.137. The Balaban J connectivity index is 1.87. The summed E-state index contributed by atoms with van der Waals surface area (Å²) in [6, 6.07) is 0.640. The van der Waals surface area contributed by atoms with E-state index in [1.165, 1.54) is 30.1 Å². The van der Waals surface area contributed by atoms with Crippen molar-refractivity contribution in [3.05, 3.63) is 16.1 Å². The fraction of sp³-hybridized carbons (Fsp3) is 0.786. The van der Waals surface area contributed by atoms with E-state index in [9.17, 15) is 0 Å². The van der Waals surface area contributed by atoms with Gasteiger partial charge in [0, 0.05) is 38.2 Å². The molecule has 2 rings (SSSR count). The molecule has 0 radical (unpaired) electrons. The van der Waals surface area contributed by atoms with Crippen molar-refractivity contribution in [1.82, 2.24) is 15.2 Å². The van der Waals surface area contributed by atoms with Crippen molar-refractivity contribution in [1.29, 1.82) is 0 Å². The summed E-state index contributed by atoms with van der Waals surface area (Å²) in [7, 11) is 1.77. The molecule has 0 aliphatic carbocycles. The van der Waals surface area contributed by atoms with Crippen LogP contribution in [0.5, 0.6) is 0 Å². The van der Waals surface area contributed by atoms with E-state index in [4.69, 9.17) is 4.74 Å². The minimum Gasteiger partial charge on any atom is -0.383 e. The van der Waals surface area contributed by atoms with E-state index >= 15 is 0 Å². The maximum atomic E-state index is 5.22. The average Bonchev–Trinajstić information content (AvgIpc) is 3.07. The fourth-order valence-electron chi connectivity index (χ4n) is 2.49. The lowest BCUT2D eigenvalue weighted by atomic mass is 10.2. The summed E-state index contributed by atoms with van der Waals surface area (Å²) >= 11 is 1.77. The van der Waals surface area contributed by atoms with Gasteiger partial charge in [-0.3, -0.25) is 4.90 Å². The van der Waals surface area contributed by atoms with E-state index in [-0.39, 0.29) is 0 Å². The summed E-state index contributed by atoms with van der Waals surface area (Å²) < 4.78 is 5.22. The molecule has 19 heavy (non-hydrogen) atoms. The number of ether oxygens (including phenoxy) is 1. The Kier molecular flexibility index (Phi) is 6.23. The zero-order valence-corrected chi connectivity index (χ0v) is 12.8. The number of hydrogen-bond acceptors (Lipinski definition) is 5. The Morgan fingerprint density at radius 3 is 3.11 bits per heavy atom.